The Labute approximate surface area is 106 Å². The summed E-state index contributed by atoms with van der Waals surface area (Å²) in [5.74, 6) is -0.747. The highest BCUT2D eigenvalue weighted by molar-refractivity contribution is 5.18. The van der Waals surface area contributed by atoms with Crippen molar-refractivity contribution in [1.29, 1.82) is 0 Å². The summed E-state index contributed by atoms with van der Waals surface area (Å²) in [6.07, 6.45) is 1.60. The molecule has 0 aliphatic carbocycles. The number of benzene rings is 1. The zero-order valence-electron chi connectivity index (χ0n) is 10.6. The van der Waals surface area contributed by atoms with Gasteiger partial charge in [-0.3, -0.25) is 0 Å². The molecule has 1 aliphatic rings. The maximum absolute atomic E-state index is 13.1. The van der Waals surface area contributed by atoms with Gasteiger partial charge in [0, 0.05) is 24.6 Å². The number of rotatable bonds is 4. The lowest BCUT2D eigenvalue weighted by atomic mass is 9.89. The van der Waals surface area contributed by atoms with Gasteiger partial charge in [-0.05, 0) is 37.1 Å². The van der Waals surface area contributed by atoms with Crippen molar-refractivity contribution >= 4 is 0 Å². The fourth-order valence-corrected chi connectivity index (χ4v) is 2.56. The van der Waals surface area contributed by atoms with Crippen LogP contribution >= 0.6 is 0 Å². The molecule has 4 heteroatoms. The van der Waals surface area contributed by atoms with Crippen LogP contribution < -0.4 is 5.32 Å². The molecular formula is C14H19F2NO. The molecule has 0 aromatic heterocycles. The number of hydrogen-bond donors (Lipinski definition) is 1. The Hall–Kier alpha value is -1.00. The number of nitrogens with one attached hydrogen (secondary N) is 1. The summed E-state index contributed by atoms with van der Waals surface area (Å²) in [7, 11) is 0. The predicted octanol–water partition coefficient (Wildman–Crippen LogP) is 2.52. The van der Waals surface area contributed by atoms with Crippen LogP contribution in [-0.4, -0.2) is 25.8 Å². The molecule has 0 radical (unpaired) electrons. The molecule has 0 spiro atoms. The molecule has 2 nitrogen and oxygen atoms in total. The van der Waals surface area contributed by atoms with E-state index in [-0.39, 0.29) is 5.92 Å². The van der Waals surface area contributed by atoms with Crippen LogP contribution in [0.25, 0.3) is 0 Å². The summed E-state index contributed by atoms with van der Waals surface area (Å²) in [4.78, 5) is 0. The number of halogens is 2. The Morgan fingerprint density at radius 2 is 2.00 bits per heavy atom. The SMILES string of the molecule is CCNC1CCOCC1Cc1cc(F)cc(F)c1. The van der Waals surface area contributed by atoms with Gasteiger partial charge < -0.3 is 10.1 Å². The molecule has 1 aliphatic heterocycles. The molecular weight excluding hydrogens is 236 g/mol. The van der Waals surface area contributed by atoms with Crippen LogP contribution in [0.2, 0.25) is 0 Å². The third kappa shape index (κ3) is 3.50. The third-order valence-electron chi connectivity index (χ3n) is 3.36. The van der Waals surface area contributed by atoms with Crippen molar-refractivity contribution in [2.75, 3.05) is 19.8 Å². The Kier molecular flexibility index (Phi) is 4.66. The molecule has 0 bridgehead atoms. The molecule has 1 aromatic carbocycles. The minimum Gasteiger partial charge on any atom is -0.381 e. The lowest BCUT2D eigenvalue weighted by Crippen LogP contribution is -2.43. The van der Waals surface area contributed by atoms with Crippen LogP contribution in [0.15, 0.2) is 18.2 Å². The standard InChI is InChI=1S/C14H19F2NO/c1-2-17-14-3-4-18-9-11(14)5-10-6-12(15)8-13(16)7-10/h6-8,11,14,17H,2-5,9H2,1H3. The summed E-state index contributed by atoms with van der Waals surface area (Å²) < 4.78 is 31.7. The van der Waals surface area contributed by atoms with Crippen LogP contribution in [0.3, 0.4) is 0 Å². The highest BCUT2D eigenvalue weighted by Crippen LogP contribution is 2.21. The molecule has 18 heavy (non-hydrogen) atoms. The van der Waals surface area contributed by atoms with Crippen LogP contribution in [0.5, 0.6) is 0 Å². The lowest BCUT2D eigenvalue weighted by Gasteiger charge is -2.32. The van der Waals surface area contributed by atoms with E-state index >= 15 is 0 Å². The van der Waals surface area contributed by atoms with Crippen LogP contribution in [-0.2, 0) is 11.2 Å². The summed E-state index contributed by atoms with van der Waals surface area (Å²) in [6.45, 7) is 4.37. The van der Waals surface area contributed by atoms with Crippen molar-refractivity contribution in [2.24, 2.45) is 5.92 Å². The maximum Gasteiger partial charge on any atom is 0.126 e. The highest BCUT2D eigenvalue weighted by atomic mass is 19.1. The molecule has 1 saturated heterocycles. The fraction of sp³-hybridized carbons (Fsp3) is 0.571. The molecule has 2 unspecified atom stereocenters. The average Bonchev–Trinajstić information content (AvgIpc) is 2.30. The molecule has 0 saturated carbocycles. The smallest absolute Gasteiger partial charge is 0.126 e. The number of ether oxygens (including phenoxy) is 1. The Morgan fingerprint density at radius 1 is 1.28 bits per heavy atom. The van der Waals surface area contributed by atoms with E-state index in [1.807, 2.05) is 0 Å². The van der Waals surface area contributed by atoms with Gasteiger partial charge in [-0.25, -0.2) is 8.78 Å². The van der Waals surface area contributed by atoms with E-state index in [2.05, 4.69) is 12.2 Å². The average molecular weight is 255 g/mol. The topological polar surface area (TPSA) is 21.3 Å². The Balaban J connectivity index is 2.05. The maximum atomic E-state index is 13.1. The van der Waals surface area contributed by atoms with E-state index in [9.17, 15) is 8.78 Å². The van der Waals surface area contributed by atoms with Gasteiger partial charge in [0.2, 0.25) is 0 Å². The van der Waals surface area contributed by atoms with Crippen molar-refractivity contribution in [2.45, 2.75) is 25.8 Å². The van der Waals surface area contributed by atoms with Gasteiger partial charge in [-0.15, -0.1) is 0 Å². The minimum absolute atomic E-state index is 0.278. The van der Waals surface area contributed by atoms with Crippen molar-refractivity contribution < 1.29 is 13.5 Å². The quantitative estimate of drug-likeness (QED) is 0.892. The van der Waals surface area contributed by atoms with E-state index in [0.29, 0.717) is 24.6 Å². The summed E-state index contributed by atoms with van der Waals surface area (Å²) >= 11 is 0. The summed E-state index contributed by atoms with van der Waals surface area (Å²) in [5, 5.41) is 3.42. The second-order valence-electron chi connectivity index (χ2n) is 4.77. The van der Waals surface area contributed by atoms with E-state index in [1.54, 1.807) is 0 Å². The largest absolute Gasteiger partial charge is 0.381 e. The second kappa shape index (κ2) is 6.25. The van der Waals surface area contributed by atoms with Gasteiger partial charge in [-0.1, -0.05) is 6.92 Å². The molecule has 2 rings (SSSR count). The van der Waals surface area contributed by atoms with Gasteiger partial charge in [0.05, 0.1) is 6.61 Å². The van der Waals surface area contributed by atoms with Gasteiger partial charge in [0.25, 0.3) is 0 Å². The van der Waals surface area contributed by atoms with Crippen LogP contribution in [0.4, 0.5) is 8.78 Å². The van der Waals surface area contributed by atoms with Gasteiger partial charge in [0.15, 0.2) is 0 Å². The second-order valence-corrected chi connectivity index (χ2v) is 4.77. The molecule has 0 amide bonds. The third-order valence-corrected chi connectivity index (χ3v) is 3.36. The summed E-state index contributed by atoms with van der Waals surface area (Å²) in [5.41, 5.74) is 0.700. The molecule has 1 fully saturated rings. The molecule has 1 aromatic rings. The molecule has 1 heterocycles. The van der Waals surface area contributed by atoms with Crippen molar-refractivity contribution in [1.82, 2.24) is 5.32 Å². The molecule has 1 N–H and O–H groups in total. The van der Waals surface area contributed by atoms with Crippen molar-refractivity contribution in [3.63, 3.8) is 0 Å². The first kappa shape index (κ1) is 13.4. The predicted molar refractivity (Wildman–Crippen MR) is 66.5 cm³/mol. The van der Waals surface area contributed by atoms with Gasteiger partial charge in [0.1, 0.15) is 11.6 Å². The van der Waals surface area contributed by atoms with Gasteiger partial charge in [-0.2, -0.15) is 0 Å². The first-order valence-corrected chi connectivity index (χ1v) is 6.45. The Bertz CT molecular complexity index is 375. The Morgan fingerprint density at radius 3 is 2.67 bits per heavy atom. The first-order valence-electron chi connectivity index (χ1n) is 6.45. The molecule has 2 atom stereocenters. The lowest BCUT2D eigenvalue weighted by molar-refractivity contribution is 0.0326. The monoisotopic (exact) mass is 255 g/mol. The molecule has 100 valence electrons. The fourth-order valence-electron chi connectivity index (χ4n) is 2.56. The van der Waals surface area contributed by atoms with Crippen molar-refractivity contribution in [3.8, 4) is 0 Å². The van der Waals surface area contributed by atoms with E-state index in [4.69, 9.17) is 4.74 Å². The van der Waals surface area contributed by atoms with Crippen LogP contribution in [0.1, 0.15) is 18.9 Å². The normalized spacial score (nSPS) is 24.2. The minimum atomic E-state index is -0.512. The van der Waals surface area contributed by atoms with Gasteiger partial charge >= 0.3 is 0 Å². The van der Waals surface area contributed by atoms with Crippen LogP contribution in [0, 0.1) is 17.6 Å². The first-order chi connectivity index (χ1) is 8.69. The van der Waals surface area contributed by atoms with E-state index < -0.39 is 11.6 Å². The summed E-state index contributed by atoms with van der Waals surface area (Å²) in [6, 6.07) is 4.08. The number of hydrogen-bond acceptors (Lipinski definition) is 2. The van der Waals surface area contributed by atoms with E-state index in [1.165, 1.54) is 12.1 Å². The zero-order valence-corrected chi connectivity index (χ0v) is 10.6. The zero-order chi connectivity index (χ0) is 13.0. The van der Waals surface area contributed by atoms with E-state index in [0.717, 1.165) is 25.6 Å². The van der Waals surface area contributed by atoms with Crippen molar-refractivity contribution in [3.05, 3.63) is 35.4 Å². The highest BCUT2D eigenvalue weighted by Gasteiger charge is 2.25.